The molecular formula is C20H22BeO8. The van der Waals surface area contributed by atoms with Crippen molar-refractivity contribution in [1.82, 2.24) is 0 Å². The molecule has 2 aromatic rings. The van der Waals surface area contributed by atoms with Gasteiger partial charge in [0.2, 0.25) is 0 Å². The Bertz CT molecular complexity index is 681. The van der Waals surface area contributed by atoms with Crippen LogP contribution in [0.3, 0.4) is 0 Å². The van der Waals surface area contributed by atoms with Crippen molar-refractivity contribution in [2.75, 3.05) is 14.2 Å². The van der Waals surface area contributed by atoms with E-state index in [1.807, 2.05) is 0 Å². The number of carboxylic acids is 2. The first-order valence-corrected chi connectivity index (χ1v) is 8.30. The predicted molar refractivity (Wildman–Crippen MR) is 101 cm³/mol. The predicted octanol–water partition coefficient (Wildman–Crippen LogP) is -0.982. The van der Waals surface area contributed by atoms with Gasteiger partial charge in [-0.05, 0) is 35.4 Å². The SMILES string of the molecule is COC(Cc1ccc(O)cc1)C(=O)[O-].COC(Cc1ccc(O)cc1)C(=O)[O-].[Be+2]. The molecule has 8 nitrogen and oxygen atoms in total. The number of carbonyl (C=O) groups excluding carboxylic acids is 2. The molecule has 0 saturated heterocycles. The van der Waals surface area contributed by atoms with Crippen LogP contribution in [0.5, 0.6) is 11.5 Å². The molecule has 2 aromatic carbocycles. The molecule has 0 aliphatic rings. The average molecular weight is 399 g/mol. The van der Waals surface area contributed by atoms with Gasteiger partial charge in [0.25, 0.3) is 0 Å². The largest absolute Gasteiger partial charge is 2.00 e. The first-order chi connectivity index (χ1) is 13.3. The van der Waals surface area contributed by atoms with Gasteiger partial charge in [-0.2, -0.15) is 0 Å². The summed E-state index contributed by atoms with van der Waals surface area (Å²) in [6, 6.07) is 12.6. The van der Waals surface area contributed by atoms with Gasteiger partial charge in [0.15, 0.2) is 0 Å². The maximum Gasteiger partial charge on any atom is 2.00 e. The molecular weight excluding hydrogens is 377 g/mol. The van der Waals surface area contributed by atoms with Crippen LogP contribution < -0.4 is 10.2 Å². The molecule has 2 unspecified atom stereocenters. The third kappa shape index (κ3) is 9.71. The normalized spacial score (nSPS) is 11.9. The topological polar surface area (TPSA) is 139 Å². The summed E-state index contributed by atoms with van der Waals surface area (Å²) in [6.07, 6.45) is -1.42. The number of phenols is 2. The quantitative estimate of drug-likeness (QED) is 0.540. The molecule has 0 fully saturated rings. The van der Waals surface area contributed by atoms with Crippen LogP contribution in [0.15, 0.2) is 48.5 Å². The van der Waals surface area contributed by atoms with Gasteiger partial charge in [-0.1, -0.05) is 24.3 Å². The Balaban J connectivity index is 0.000000523. The van der Waals surface area contributed by atoms with Gasteiger partial charge in [0.05, 0.1) is 11.9 Å². The van der Waals surface area contributed by atoms with E-state index in [1.54, 1.807) is 24.3 Å². The number of hydrogen-bond donors (Lipinski definition) is 2. The van der Waals surface area contributed by atoms with E-state index in [0.29, 0.717) is 0 Å². The Kier molecular flexibility index (Phi) is 11.9. The van der Waals surface area contributed by atoms with Crippen molar-refractivity contribution in [3.8, 4) is 11.5 Å². The Labute approximate surface area is 172 Å². The van der Waals surface area contributed by atoms with Crippen molar-refractivity contribution in [3.05, 3.63) is 59.7 Å². The standard InChI is InChI=1S/2C10H12O4.Be/c2*1-14-9(10(12)13)6-7-2-4-8(11)5-3-7;/h2*2-5,9,11H,6H2,1H3,(H,12,13);/q;;+2/p-2. The van der Waals surface area contributed by atoms with Gasteiger partial charge in [-0.25, -0.2) is 0 Å². The van der Waals surface area contributed by atoms with Crippen molar-refractivity contribution in [1.29, 1.82) is 0 Å². The Morgan fingerprint density at radius 1 is 0.759 bits per heavy atom. The van der Waals surface area contributed by atoms with Crippen molar-refractivity contribution < 1.29 is 39.5 Å². The summed E-state index contributed by atoms with van der Waals surface area (Å²) in [5.74, 6) is -2.17. The Morgan fingerprint density at radius 3 is 1.24 bits per heavy atom. The zero-order valence-electron chi connectivity index (χ0n) is 16.2. The summed E-state index contributed by atoms with van der Waals surface area (Å²) in [7, 11) is 2.64. The number of hydrogen-bond acceptors (Lipinski definition) is 8. The van der Waals surface area contributed by atoms with Crippen LogP contribution >= 0.6 is 0 Å². The molecule has 0 aromatic heterocycles. The Morgan fingerprint density at radius 2 is 1.03 bits per heavy atom. The molecule has 0 heterocycles. The van der Waals surface area contributed by atoms with E-state index < -0.39 is 24.1 Å². The van der Waals surface area contributed by atoms with E-state index in [4.69, 9.17) is 19.7 Å². The summed E-state index contributed by atoms with van der Waals surface area (Å²) >= 11 is 0. The molecule has 29 heavy (non-hydrogen) atoms. The van der Waals surface area contributed by atoms with Crippen molar-refractivity contribution in [2.24, 2.45) is 0 Å². The van der Waals surface area contributed by atoms with Crippen LogP contribution in [0.2, 0.25) is 0 Å². The van der Waals surface area contributed by atoms with Crippen LogP contribution in [-0.4, -0.2) is 58.7 Å². The number of phenolic OH excluding ortho intramolecular Hbond substituents is 2. The number of aromatic hydroxyl groups is 2. The fourth-order valence-corrected chi connectivity index (χ4v) is 2.22. The van der Waals surface area contributed by atoms with E-state index in [9.17, 15) is 19.8 Å². The van der Waals surface area contributed by atoms with E-state index in [1.165, 1.54) is 38.5 Å². The number of rotatable bonds is 8. The smallest absolute Gasteiger partial charge is 0.547 e. The second-order valence-electron chi connectivity index (χ2n) is 5.83. The number of benzene rings is 2. The second-order valence-corrected chi connectivity index (χ2v) is 5.83. The molecule has 2 atom stereocenters. The van der Waals surface area contributed by atoms with E-state index in [0.717, 1.165) is 11.1 Å². The molecule has 9 heteroatoms. The minimum Gasteiger partial charge on any atom is -0.547 e. The molecule has 0 radical (unpaired) electrons. The number of carboxylic acid groups (broad SMARTS) is 2. The maximum atomic E-state index is 10.5. The van der Waals surface area contributed by atoms with E-state index in [-0.39, 0.29) is 34.5 Å². The third-order valence-corrected chi connectivity index (χ3v) is 3.81. The minimum absolute atomic E-state index is 0. The molecule has 0 aliphatic heterocycles. The molecule has 2 rings (SSSR count). The number of aliphatic carboxylic acids is 2. The van der Waals surface area contributed by atoms with E-state index >= 15 is 0 Å². The average Bonchev–Trinajstić information content (AvgIpc) is 2.67. The molecule has 0 aliphatic carbocycles. The first-order valence-electron chi connectivity index (χ1n) is 8.30. The van der Waals surface area contributed by atoms with E-state index in [2.05, 4.69) is 0 Å². The zero-order valence-corrected chi connectivity index (χ0v) is 16.2. The summed E-state index contributed by atoms with van der Waals surface area (Å²) < 4.78 is 9.44. The van der Waals surface area contributed by atoms with Gasteiger partial charge in [-0.15, -0.1) is 0 Å². The number of carbonyl (C=O) groups is 2. The summed E-state index contributed by atoms with van der Waals surface area (Å²) in [4.78, 5) is 21.0. The van der Waals surface area contributed by atoms with Gasteiger partial charge in [0.1, 0.15) is 23.7 Å². The van der Waals surface area contributed by atoms with Crippen molar-refractivity contribution in [3.63, 3.8) is 0 Å². The van der Waals surface area contributed by atoms with Gasteiger partial charge in [-0.3, -0.25) is 0 Å². The molecule has 2 N–H and O–H groups in total. The van der Waals surface area contributed by atoms with Crippen LogP contribution in [0.25, 0.3) is 0 Å². The van der Waals surface area contributed by atoms with Crippen molar-refractivity contribution >= 4 is 22.1 Å². The van der Waals surface area contributed by atoms with Gasteiger partial charge < -0.3 is 39.5 Å². The summed E-state index contributed by atoms with van der Waals surface area (Å²) in [5.41, 5.74) is 1.55. The Hall–Kier alpha value is -2.93. The zero-order chi connectivity index (χ0) is 21.1. The van der Waals surface area contributed by atoms with Gasteiger partial charge >= 0.3 is 10.1 Å². The fraction of sp³-hybridized carbons (Fsp3) is 0.300. The van der Waals surface area contributed by atoms with Crippen LogP contribution in [0.1, 0.15) is 11.1 Å². The molecule has 0 amide bonds. The third-order valence-electron chi connectivity index (χ3n) is 3.81. The van der Waals surface area contributed by atoms with Crippen LogP contribution in [0, 0.1) is 0 Å². The number of ether oxygens (including phenoxy) is 2. The summed E-state index contributed by atoms with van der Waals surface area (Å²) in [6.45, 7) is 0. The van der Waals surface area contributed by atoms with Crippen LogP contribution in [-0.2, 0) is 31.9 Å². The molecule has 0 spiro atoms. The summed E-state index contributed by atoms with van der Waals surface area (Å²) in [5, 5.41) is 39.0. The second kappa shape index (κ2) is 13.3. The minimum atomic E-state index is -1.24. The number of methoxy groups -OCH3 is 2. The van der Waals surface area contributed by atoms with Gasteiger partial charge in [0, 0.05) is 27.1 Å². The fourth-order valence-electron chi connectivity index (χ4n) is 2.22. The first kappa shape index (κ1) is 26.1. The molecule has 0 saturated carbocycles. The van der Waals surface area contributed by atoms with Crippen molar-refractivity contribution in [2.45, 2.75) is 25.0 Å². The van der Waals surface area contributed by atoms with Crippen LogP contribution in [0.4, 0.5) is 0 Å². The monoisotopic (exact) mass is 399 g/mol. The maximum absolute atomic E-state index is 10.5. The molecule has 152 valence electrons. The molecule has 0 bridgehead atoms.